The Hall–Kier alpha value is -1.09. The molecule has 0 radical (unpaired) electrons. The predicted molar refractivity (Wildman–Crippen MR) is 78.4 cm³/mol. The minimum atomic E-state index is 0.195. The number of pyridine rings is 1. The lowest BCUT2D eigenvalue weighted by atomic mass is 9.92. The van der Waals surface area contributed by atoms with Crippen LogP contribution < -0.4 is 10.1 Å². The van der Waals surface area contributed by atoms with Crippen molar-refractivity contribution < 1.29 is 4.74 Å². The molecule has 1 unspecified atom stereocenters. The molecule has 106 valence electrons. The van der Waals surface area contributed by atoms with Crippen molar-refractivity contribution in [3.8, 4) is 5.75 Å². The summed E-state index contributed by atoms with van der Waals surface area (Å²) in [7, 11) is 0. The smallest absolute Gasteiger partial charge is 0.138 e. The Morgan fingerprint density at radius 1 is 1.32 bits per heavy atom. The molecule has 1 aliphatic rings. The van der Waals surface area contributed by atoms with E-state index in [0.717, 1.165) is 18.2 Å². The highest BCUT2D eigenvalue weighted by molar-refractivity contribution is 5.27. The summed E-state index contributed by atoms with van der Waals surface area (Å²) < 4.78 is 5.76. The number of aromatic nitrogens is 1. The summed E-state index contributed by atoms with van der Waals surface area (Å²) in [6.07, 6.45) is 9.37. The van der Waals surface area contributed by atoms with Crippen LogP contribution >= 0.6 is 0 Å². The zero-order valence-electron chi connectivity index (χ0n) is 12.4. The number of ether oxygens (including phenoxy) is 1. The lowest BCUT2D eigenvalue weighted by Crippen LogP contribution is -2.27. The Labute approximate surface area is 116 Å². The van der Waals surface area contributed by atoms with Gasteiger partial charge >= 0.3 is 0 Å². The molecule has 3 nitrogen and oxygen atoms in total. The topological polar surface area (TPSA) is 34.2 Å². The van der Waals surface area contributed by atoms with Gasteiger partial charge < -0.3 is 10.1 Å². The molecule has 0 amide bonds. The van der Waals surface area contributed by atoms with Crippen LogP contribution in [0.5, 0.6) is 5.75 Å². The van der Waals surface area contributed by atoms with Crippen LogP contribution in [0.3, 0.4) is 0 Å². The van der Waals surface area contributed by atoms with E-state index in [0.29, 0.717) is 6.04 Å². The van der Waals surface area contributed by atoms with Crippen molar-refractivity contribution in [3.63, 3.8) is 0 Å². The standard InChI is InChI=1S/C16H26N2O/c1-4-18-16(13-7-5-6-8-13)14-9-15(11-17-10-14)19-12(2)3/h9-13,16,18H,4-8H2,1-3H3. The lowest BCUT2D eigenvalue weighted by molar-refractivity contribution is 0.240. The van der Waals surface area contributed by atoms with Crippen molar-refractivity contribution in [2.24, 2.45) is 5.92 Å². The molecule has 0 aromatic carbocycles. The molecule has 3 heteroatoms. The van der Waals surface area contributed by atoms with Gasteiger partial charge in [-0.1, -0.05) is 19.8 Å². The Morgan fingerprint density at radius 3 is 2.68 bits per heavy atom. The van der Waals surface area contributed by atoms with E-state index in [4.69, 9.17) is 4.74 Å². The summed E-state index contributed by atoms with van der Waals surface area (Å²) in [6.45, 7) is 7.26. The van der Waals surface area contributed by atoms with Crippen LogP contribution in [0.15, 0.2) is 18.5 Å². The summed E-state index contributed by atoms with van der Waals surface area (Å²) in [5.74, 6) is 1.63. The maximum Gasteiger partial charge on any atom is 0.138 e. The third-order valence-corrected chi connectivity index (χ3v) is 3.76. The van der Waals surface area contributed by atoms with Gasteiger partial charge in [-0.15, -0.1) is 0 Å². The largest absolute Gasteiger partial charge is 0.489 e. The molecule has 1 saturated carbocycles. The highest BCUT2D eigenvalue weighted by atomic mass is 16.5. The summed E-state index contributed by atoms with van der Waals surface area (Å²) in [5.41, 5.74) is 1.27. The van der Waals surface area contributed by atoms with Crippen LogP contribution in [0.4, 0.5) is 0 Å². The van der Waals surface area contributed by atoms with E-state index in [9.17, 15) is 0 Å². The van der Waals surface area contributed by atoms with Gasteiger partial charge in [-0.25, -0.2) is 0 Å². The predicted octanol–water partition coefficient (Wildman–Crippen LogP) is 3.71. The fraction of sp³-hybridized carbons (Fsp3) is 0.688. The van der Waals surface area contributed by atoms with Gasteiger partial charge in [-0.3, -0.25) is 4.98 Å². The maximum atomic E-state index is 5.76. The van der Waals surface area contributed by atoms with Gasteiger partial charge in [-0.2, -0.15) is 0 Å². The molecule has 1 aliphatic carbocycles. The maximum absolute atomic E-state index is 5.76. The number of nitrogens with zero attached hydrogens (tertiary/aromatic N) is 1. The van der Waals surface area contributed by atoms with Gasteiger partial charge in [0.25, 0.3) is 0 Å². The molecule has 1 aromatic rings. The van der Waals surface area contributed by atoms with Crippen LogP contribution in [-0.4, -0.2) is 17.6 Å². The molecular weight excluding hydrogens is 236 g/mol. The van der Waals surface area contributed by atoms with Crippen LogP contribution in [0, 0.1) is 5.92 Å². The summed E-state index contributed by atoms with van der Waals surface area (Å²) in [6, 6.07) is 2.58. The normalized spacial score (nSPS) is 17.9. The minimum absolute atomic E-state index is 0.195. The van der Waals surface area contributed by atoms with Crippen LogP contribution in [-0.2, 0) is 0 Å². The lowest BCUT2D eigenvalue weighted by Gasteiger charge is -2.25. The third kappa shape index (κ3) is 3.93. The Kier molecular flexibility index (Phi) is 5.20. The number of hydrogen-bond acceptors (Lipinski definition) is 3. The van der Waals surface area contributed by atoms with Crippen molar-refractivity contribution in [2.45, 2.75) is 58.6 Å². The van der Waals surface area contributed by atoms with Gasteiger partial charge in [-0.05, 0) is 50.8 Å². The first-order valence-corrected chi connectivity index (χ1v) is 7.55. The van der Waals surface area contributed by atoms with Crippen molar-refractivity contribution >= 4 is 0 Å². The van der Waals surface area contributed by atoms with Crippen molar-refractivity contribution in [1.29, 1.82) is 0 Å². The van der Waals surface area contributed by atoms with Crippen LogP contribution in [0.25, 0.3) is 0 Å². The summed E-state index contributed by atoms with van der Waals surface area (Å²) >= 11 is 0. The molecule has 1 heterocycles. The molecule has 0 saturated heterocycles. The second-order valence-electron chi connectivity index (χ2n) is 5.70. The van der Waals surface area contributed by atoms with Gasteiger partial charge in [0, 0.05) is 12.2 Å². The summed E-state index contributed by atoms with van der Waals surface area (Å²) in [4.78, 5) is 4.35. The van der Waals surface area contributed by atoms with E-state index in [1.165, 1.54) is 31.2 Å². The van der Waals surface area contributed by atoms with Crippen molar-refractivity contribution in [3.05, 3.63) is 24.0 Å². The molecular formula is C16H26N2O. The van der Waals surface area contributed by atoms with E-state index in [-0.39, 0.29) is 6.10 Å². The fourth-order valence-electron chi connectivity index (χ4n) is 3.01. The Morgan fingerprint density at radius 2 is 2.05 bits per heavy atom. The molecule has 1 aromatic heterocycles. The number of hydrogen-bond donors (Lipinski definition) is 1. The van der Waals surface area contributed by atoms with Crippen molar-refractivity contribution in [1.82, 2.24) is 10.3 Å². The zero-order valence-corrected chi connectivity index (χ0v) is 12.4. The zero-order chi connectivity index (χ0) is 13.7. The van der Waals surface area contributed by atoms with Gasteiger partial charge in [0.05, 0.1) is 12.3 Å². The van der Waals surface area contributed by atoms with Crippen LogP contribution in [0.1, 0.15) is 58.1 Å². The first kappa shape index (κ1) is 14.3. The number of rotatable bonds is 6. The molecule has 1 fully saturated rings. The van der Waals surface area contributed by atoms with Crippen LogP contribution in [0.2, 0.25) is 0 Å². The first-order valence-electron chi connectivity index (χ1n) is 7.55. The Bertz CT molecular complexity index is 386. The second kappa shape index (κ2) is 6.90. The molecule has 19 heavy (non-hydrogen) atoms. The quantitative estimate of drug-likeness (QED) is 0.848. The SMILES string of the molecule is CCNC(c1cncc(OC(C)C)c1)C1CCCC1. The van der Waals surface area contributed by atoms with Gasteiger partial charge in [0.2, 0.25) is 0 Å². The van der Waals surface area contributed by atoms with E-state index in [1.807, 2.05) is 20.0 Å². The molecule has 0 aliphatic heterocycles. The van der Waals surface area contributed by atoms with E-state index >= 15 is 0 Å². The number of nitrogens with one attached hydrogen (secondary N) is 1. The molecule has 2 rings (SSSR count). The average Bonchev–Trinajstić information content (AvgIpc) is 2.89. The molecule has 0 spiro atoms. The highest BCUT2D eigenvalue weighted by Gasteiger charge is 2.26. The molecule has 1 atom stereocenters. The molecule has 0 bridgehead atoms. The molecule has 1 N–H and O–H groups in total. The Balaban J connectivity index is 2.15. The monoisotopic (exact) mass is 262 g/mol. The average molecular weight is 262 g/mol. The van der Waals surface area contributed by atoms with E-state index in [1.54, 1.807) is 6.20 Å². The minimum Gasteiger partial charge on any atom is -0.489 e. The highest BCUT2D eigenvalue weighted by Crippen LogP contribution is 2.36. The van der Waals surface area contributed by atoms with E-state index < -0.39 is 0 Å². The van der Waals surface area contributed by atoms with Gasteiger partial charge in [0.1, 0.15) is 5.75 Å². The summed E-state index contributed by atoms with van der Waals surface area (Å²) in [5, 5.41) is 3.63. The van der Waals surface area contributed by atoms with Gasteiger partial charge in [0.15, 0.2) is 0 Å². The second-order valence-corrected chi connectivity index (χ2v) is 5.70. The van der Waals surface area contributed by atoms with Crippen molar-refractivity contribution in [2.75, 3.05) is 6.54 Å². The fourth-order valence-corrected chi connectivity index (χ4v) is 3.01. The third-order valence-electron chi connectivity index (χ3n) is 3.76. The van der Waals surface area contributed by atoms with E-state index in [2.05, 4.69) is 23.3 Å². The first-order chi connectivity index (χ1) is 9.20.